The second-order valence-electron chi connectivity index (χ2n) is 7.52. The molecule has 2 heterocycles. The van der Waals surface area contributed by atoms with Crippen molar-refractivity contribution in [2.45, 2.75) is 26.9 Å². The Balaban J connectivity index is 1.38. The third-order valence-corrected chi connectivity index (χ3v) is 5.58. The number of rotatable bonds is 5. The molecular weight excluding hydrogens is 332 g/mol. The van der Waals surface area contributed by atoms with Crippen molar-refractivity contribution in [3.63, 3.8) is 0 Å². The summed E-state index contributed by atoms with van der Waals surface area (Å²) < 4.78 is 0. The summed E-state index contributed by atoms with van der Waals surface area (Å²) in [6.45, 7) is 10.7. The normalized spacial score (nSPS) is 15.9. The molecular formula is C23H28N4. The third kappa shape index (κ3) is 4.12. The van der Waals surface area contributed by atoms with Crippen molar-refractivity contribution in [3.05, 3.63) is 77.1 Å². The number of aryl methyl sites for hydroxylation is 2. The lowest BCUT2D eigenvalue weighted by molar-refractivity contribution is 0.121. The van der Waals surface area contributed by atoms with E-state index in [1.54, 1.807) is 0 Å². The Morgan fingerprint density at radius 3 is 2.15 bits per heavy atom. The van der Waals surface area contributed by atoms with Gasteiger partial charge in [0.05, 0.1) is 5.69 Å². The predicted molar refractivity (Wildman–Crippen MR) is 110 cm³/mol. The van der Waals surface area contributed by atoms with Gasteiger partial charge in [-0.05, 0) is 30.5 Å². The molecule has 1 saturated heterocycles. The number of nitrogens with one attached hydrogen (secondary N) is 1. The molecule has 1 fully saturated rings. The maximum Gasteiger partial charge on any atom is 0.0843 e. The van der Waals surface area contributed by atoms with Crippen LogP contribution in [0.2, 0.25) is 0 Å². The molecule has 0 spiro atoms. The number of nitrogens with zero attached hydrogens (tertiary/aromatic N) is 3. The van der Waals surface area contributed by atoms with Gasteiger partial charge in [-0.25, -0.2) is 0 Å². The molecule has 1 N–H and O–H groups in total. The zero-order chi connectivity index (χ0) is 18.6. The summed E-state index contributed by atoms with van der Waals surface area (Å²) in [5.41, 5.74) is 7.65. The lowest BCUT2D eigenvalue weighted by atomic mass is 10.0. The lowest BCUT2D eigenvalue weighted by Crippen LogP contribution is -2.45. The summed E-state index contributed by atoms with van der Waals surface area (Å²) in [7, 11) is 0. The summed E-state index contributed by atoms with van der Waals surface area (Å²) in [6, 6.07) is 19.3. The van der Waals surface area contributed by atoms with Gasteiger partial charge >= 0.3 is 0 Å². The van der Waals surface area contributed by atoms with Crippen molar-refractivity contribution < 1.29 is 0 Å². The van der Waals surface area contributed by atoms with Crippen molar-refractivity contribution in [2.75, 3.05) is 26.2 Å². The van der Waals surface area contributed by atoms with Crippen LogP contribution in [0.15, 0.2) is 54.6 Å². The van der Waals surface area contributed by atoms with E-state index in [4.69, 9.17) is 0 Å². The Hall–Kier alpha value is -2.43. The van der Waals surface area contributed by atoms with Gasteiger partial charge < -0.3 is 0 Å². The summed E-state index contributed by atoms with van der Waals surface area (Å²) >= 11 is 0. The van der Waals surface area contributed by atoms with Gasteiger partial charge in [0.2, 0.25) is 0 Å². The minimum Gasteiger partial charge on any atom is -0.297 e. The Bertz CT molecular complexity index is 876. The van der Waals surface area contributed by atoms with Crippen LogP contribution in [0.25, 0.3) is 11.1 Å². The van der Waals surface area contributed by atoms with Gasteiger partial charge in [-0.15, -0.1) is 0 Å². The van der Waals surface area contributed by atoms with Crippen molar-refractivity contribution >= 4 is 0 Å². The first kappa shape index (κ1) is 18.0. The van der Waals surface area contributed by atoms with Crippen LogP contribution >= 0.6 is 0 Å². The Morgan fingerprint density at radius 2 is 1.44 bits per heavy atom. The van der Waals surface area contributed by atoms with Gasteiger partial charge in [0.15, 0.2) is 0 Å². The molecule has 4 rings (SSSR count). The molecule has 4 heteroatoms. The molecule has 2 aromatic carbocycles. The monoisotopic (exact) mass is 360 g/mol. The molecule has 0 atom stereocenters. The molecule has 4 nitrogen and oxygen atoms in total. The average Bonchev–Trinajstić information content (AvgIpc) is 3.06. The molecule has 1 aliphatic heterocycles. The van der Waals surface area contributed by atoms with Crippen LogP contribution in [-0.4, -0.2) is 46.2 Å². The Labute approximate surface area is 161 Å². The molecule has 1 aromatic heterocycles. The standard InChI is InChI=1S/C23H28N4/c1-18-8-6-7-11-21(18)16-26-12-14-27(15-13-26)17-22-23(19(2)24-25-22)20-9-4-3-5-10-20/h3-11H,12-17H2,1-2H3,(H,24,25). The SMILES string of the molecule is Cc1ccccc1CN1CCN(Cc2n[nH]c(C)c2-c2ccccc2)CC1. The van der Waals surface area contributed by atoms with E-state index in [-0.39, 0.29) is 0 Å². The fourth-order valence-corrected chi connectivity index (χ4v) is 3.93. The van der Waals surface area contributed by atoms with Crippen LogP contribution in [0.1, 0.15) is 22.5 Å². The van der Waals surface area contributed by atoms with Crippen LogP contribution in [0.5, 0.6) is 0 Å². The second kappa shape index (κ2) is 8.07. The van der Waals surface area contributed by atoms with Crippen LogP contribution in [0.3, 0.4) is 0 Å². The van der Waals surface area contributed by atoms with Gasteiger partial charge in [-0.3, -0.25) is 14.9 Å². The highest BCUT2D eigenvalue weighted by Gasteiger charge is 2.20. The number of aromatic amines is 1. The molecule has 1 aliphatic rings. The molecule has 3 aromatic rings. The first-order valence-electron chi connectivity index (χ1n) is 9.79. The highest BCUT2D eigenvalue weighted by atomic mass is 15.3. The summed E-state index contributed by atoms with van der Waals surface area (Å²) in [5, 5.41) is 7.79. The third-order valence-electron chi connectivity index (χ3n) is 5.58. The molecule has 140 valence electrons. The number of H-pyrrole nitrogens is 1. The van der Waals surface area contributed by atoms with E-state index in [1.165, 1.54) is 22.3 Å². The number of hydrogen-bond acceptors (Lipinski definition) is 3. The van der Waals surface area contributed by atoms with Gasteiger partial charge in [0.25, 0.3) is 0 Å². The molecule has 0 aliphatic carbocycles. The first-order valence-corrected chi connectivity index (χ1v) is 9.79. The van der Waals surface area contributed by atoms with Gasteiger partial charge in [0, 0.05) is 50.5 Å². The molecule has 0 bridgehead atoms. The summed E-state index contributed by atoms with van der Waals surface area (Å²) in [4.78, 5) is 5.09. The molecule has 27 heavy (non-hydrogen) atoms. The maximum atomic E-state index is 4.60. The Morgan fingerprint density at radius 1 is 0.815 bits per heavy atom. The van der Waals surface area contributed by atoms with E-state index >= 15 is 0 Å². The average molecular weight is 361 g/mol. The largest absolute Gasteiger partial charge is 0.297 e. The van der Waals surface area contributed by atoms with Gasteiger partial charge in [-0.2, -0.15) is 5.10 Å². The zero-order valence-electron chi connectivity index (χ0n) is 16.3. The Kier molecular flexibility index (Phi) is 5.37. The minimum absolute atomic E-state index is 0.909. The highest BCUT2D eigenvalue weighted by Crippen LogP contribution is 2.26. The van der Waals surface area contributed by atoms with Crippen molar-refractivity contribution in [1.82, 2.24) is 20.0 Å². The van der Waals surface area contributed by atoms with Crippen molar-refractivity contribution in [1.29, 1.82) is 0 Å². The van der Waals surface area contributed by atoms with Crippen molar-refractivity contribution in [3.8, 4) is 11.1 Å². The van der Waals surface area contributed by atoms with E-state index < -0.39 is 0 Å². The lowest BCUT2D eigenvalue weighted by Gasteiger charge is -2.34. The van der Waals surface area contributed by atoms with Crippen LogP contribution in [-0.2, 0) is 13.1 Å². The van der Waals surface area contributed by atoms with Crippen LogP contribution in [0, 0.1) is 13.8 Å². The van der Waals surface area contributed by atoms with E-state index in [1.807, 2.05) is 0 Å². The highest BCUT2D eigenvalue weighted by molar-refractivity contribution is 5.68. The first-order chi connectivity index (χ1) is 13.2. The van der Waals surface area contributed by atoms with E-state index in [0.717, 1.165) is 50.7 Å². The number of aromatic nitrogens is 2. The fraction of sp³-hybridized carbons (Fsp3) is 0.348. The van der Waals surface area contributed by atoms with Gasteiger partial charge in [-0.1, -0.05) is 54.6 Å². The number of piperazine rings is 1. The second-order valence-corrected chi connectivity index (χ2v) is 7.52. The maximum absolute atomic E-state index is 4.60. The van der Waals surface area contributed by atoms with Gasteiger partial charge in [0.1, 0.15) is 0 Å². The quantitative estimate of drug-likeness (QED) is 0.747. The zero-order valence-corrected chi connectivity index (χ0v) is 16.3. The van der Waals surface area contributed by atoms with Crippen LogP contribution in [0.4, 0.5) is 0 Å². The molecule has 0 saturated carbocycles. The molecule has 0 radical (unpaired) electrons. The molecule has 0 unspecified atom stereocenters. The van der Waals surface area contributed by atoms with E-state index in [0.29, 0.717) is 0 Å². The summed E-state index contributed by atoms with van der Waals surface area (Å²) in [6.07, 6.45) is 0. The fourth-order valence-electron chi connectivity index (χ4n) is 3.93. The number of hydrogen-bond donors (Lipinski definition) is 1. The van der Waals surface area contributed by atoms with Crippen LogP contribution < -0.4 is 0 Å². The minimum atomic E-state index is 0.909. The predicted octanol–water partition coefficient (Wildman–Crippen LogP) is 4.01. The smallest absolute Gasteiger partial charge is 0.0843 e. The number of benzene rings is 2. The molecule has 0 amide bonds. The van der Waals surface area contributed by atoms with Crippen molar-refractivity contribution in [2.24, 2.45) is 0 Å². The van der Waals surface area contributed by atoms with E-state index in [9.17, 15) is 0 Å². The van der Waals surface area contributed by atoms with E-state index in [2.05, 4.69) is 88.4 Å². The topological polar surface area (TPSA) is 35.2 Å². The summed E-state index contributed by atoms with van der Waals surface area (Å²) in [5.74, 6) is 0.